The average molecular weight is 231 g/mol. The van der Waals surface area contributed by atoms with Gasteiger partial charge in [0.15, 0.2) is 0 Å². The molecule has 1 aromatic rings. The van der Waals surface area contributed by atoms with E-state index in [2.05, 4.69) is 10.4 Å². The molecule has 1 heterocycles. The van der Waals surface area contributed by atoms with Gasteiger partial charge in [-0.25, -0.2) is 4.68 Å². The maximum absolute atomic E-state index is 11.4. The summed E-state index contributed by atoms with van der Waals surface area (Å²) in [5, 5.41) is 7.05. The number of nitrogens with zero attached hydrogens (tertiary/aromatic N) is 2. The lowest BCUT2D eigenvalue weighted by molar-refractivity contribution is 0.685. The zero-order valence-electron chi connectivity index (χ0n) is 8.83. The second-order valence-corrected chi connectivity index (χ2v) is 3.87. The van der Waals surface area contributed by atoms with Crippen molar-refractivity contribution in [2.45, 2.75) is 19.4 Å². The molecule has 0 aliphatic rings. The lowest BCUT2D eigenvalue weighted by atomic mass is 10.2. The second kappa shape index (κ2) is 5.14. The summed E-state index contributed by atoms with van der Waals surface area (Å²) in [7, 11) is 1.56. The molecule has 0 bridgehead atoms. The van der Waals surface area contributed by atoms with Crippen molar-refractivity contribution in [3.63, 3.8) is 0 Å². The van der Waals surface area contributed by atoms with E-state index in [1.807, 2.05) is 6.92 Å². The van der Waals surface area contributed by atoms with Crippen LogP contribution in [0.2, 0.25) is 5.02 Å². The Labute approximate surface area is 93.2 Å². The van der Waals surface area contributed by atoms with Crippen molar-refractivity contribution in [3.8, 4) is 0 Å². The van der Waals surface area contributed by atoms with Crippen molar-refractivity contribution in [2.75, 3.05) is 11.9 Å². The van der Waals surface area contributed by atoms with Gasteiger partial charge in [0.05, 0.1) is 11.9 Å². The molecule has 0 saturated heterocycles. The monoisotopic (exact) mass is 230 g/mol. The number of hydrogen-bond donors (Lipinski definition) is 2. The van der Waals surface area contributed by atoms with Crippen LogP contribution in [0.5, 0.6) is 0 Å². The summed E-state index contributed by atoms with van der Waals surface area (Å²) in [4.78, 5) is 11.4. The molecule has 1 rings (SSSR count). The number of nitrogens with one attached hydrogen (secondary N) is 1. The SMILES string of the molecule is CC(N)CCNc1cnn(C)c(=O)c1Cl. The van der Waals surface area contributed by atoms with E-state index in [1.165, 1.54) is 10.9 Å². The highest BCUT2D eigenvalue weighted by Crippen LogP contribution is 2.14. The van der Waals surface area contributed by atoms with Gasteiger partial charge in [0.2, 0.25) is 0 Å². The third kappa shape index (κ3) is 3.21. The van der Waals surface area contributed by atoms with E-state index in [0.717, 1.165) is 6.42 Å². The van der Waals surface area contributed by atoms with E-state index in [-0.39, 0.29) is 16.6 Å². The van der Waals surface area contributed by atoms with Crippen molar-refractivity contribution in [3.05, 3.63) is 21.6 Å². The Morgan fingerprint density at radius 1 is 1.73 bits per heavy atom. The Morgan fingerprint density at radius 2 is 2.40 bits per heavy atom. The fourth-order valence-electron chi connectivity index (χ4n) is 1.07. The summed E-state index contributed by atoms with van der Waals surface area (Å²) < 4.78 is 1.19. The molecule has 0 aliphatic carbocycles. The molecule has 84 valence electrons. The molecule has 5 nitrogen and oxygen atoms in total. The molecule has 0 aliphatic heterocycles. The van der Waals surface area contributed by atoms with E-state index in [9.17, 15) is 4.79 Å². The number of aromatic nitrogens is 2. The summed E-state index contributed by atoms with van der Waals surface area (Å²) in [6.45, 7) is 2.60. The molecule has 15 heavy (non-hydrogen) atoms. The van der Waals surface area contributed by atoms with Crippen LogP contribution in [0.3, 0.4) is 0 Å². The molecule has 0 saturated carbocycles. The van der Waals surface area contributed by atoms with Crippen LogP contribution >= 0.6 is 11.6 Å². The molecule has 1 aromatic heterocycles. The molecular formula is C9H15ClN4O. The van der Waals surface area contributed by atoms with Crippen LogP contribution in [0.25, 0.3) is 0 Å². The first-order valence-electron chi connectivity index (χ1n) is 4.73. The van der Waals surface area contributed by atoms with E-state index in [0.29, 0.717) is 12.2 Å². The summed E-state index contributed by atoms with van der Waals surface area (Å²) >= 11 is 5.85. The Balaban J connectivity index is 2.71. The first-order chi connectivity index (χ1) is 7.02. The maximum Gasteiger partial charge on any atom is 0.287 e. The van der Waals surface area contributed by atoms with Gasteiger partial charge in [0.25, 0.3) is 5.56 Å². The van der Waals surface area contributed by atoms with Crippen LogP contribution < -0.4 is 16.6 Å². The quantitative estimate of drug-likeness (QED) is 0.794. The van der Waals surface area contributed by atoms with Crippen LogP contribution in [0, 0.1) is 0 Å². The highest BCUT2D eigenvalue weighted by molar-refractivity contribution is 6.32. The van der Waals surface area contributed by atoms with Crippen LogP contribution in [-0.4, -0.2) is 22.4 Å². The second-order valence-electron chi connectivity index (χ2n) is 3.49. The van der Waals surface area contributed by atoms with Gasteiger partial charge in [-0.2, -0.15) is 5.10 Å². The molecule has 0 radical (unpaired) electrons. The minimum Gasteiger partial charge on any atom is -0.382 e. The maximum atomic E-state index is 11.4. The molecule has 0 fully saturated rings. The van der Waals surface area contributed by atoms with Gasteiger partial charge < -0.3 is 11.1 Å². The van der Waals surface area contributed by atoms with Crippen molar-refractivity contribution in [1.29, 1.82) is 0 Å². The van der Waals surface area contributed by atoms with Gasteiger partial charge in [-0.1, -0.05) is 11.6 Å². The molecule has 3 N–H and O–H groups in total. The van der Waals surface area contributed by atoms with E-state index in [4.69, 9.17) is 17.3 Å². The minimum atomic E-state index is -0.303. The highest BCUT2D eigenvalue weighted by atomic mass is 35.5. The van der Waals surface area contributed by atoms with Crippen molar-refractivity contribution < 1.29 is 0 Å². The summed E-state index contributed by atoms with van der Waals surface area (Å²) in [5.74, 6) is 0. The predicted octanol–water partition coefficient (Wildman–Crippen LogP) is 0.583. The number of hydrogen-bond acceptors (Lipinski definition) is 4. The molecular weight excluding hydrogens is 216 g/mol. The summed E-state index contributed by atoms with van der Waals surface area (Å²) in [6, 6.07) is 0.121. The topological polar surface area (TPSA) is 72.9 Å². The van der Waals surface area contributed by atoms with Crippen LogP contribution in [0.1, 0.15) is 13.3 Å². The van der Waals surface area contributed by atoms with Crippen molar-refractivity contribution >= 4 is 17.3 Å². The Hall–Kier alpha value is -1.07. The van der Waals surface area contributed by atoms with E-state index < -0.39 is 0 Å². The Kier molecular flexibility index (Phi) is 4.11. The van der Waals surface area contributed by atoms with Gasteiger partial charge in [-0.15, -0.1) is 0 Å². The molecule has 0 amide bonds. The standard InChI is InChI=1S/C9H15ClN4O/c1-6(11)3-4-12-7-5-13-14(2)9(15)8(7)10/h5-6,12H,3-4,11H2,1-2H3. The van der Waals surface area contributed by atoms with Gasteiger partial charge >= 0.3 is 0 Å². The zero-order chi connectivity index (χ0) is 11.4. The number of rotatable bonds is 4. The number of halogens is 1. The molecule has 1 atom stereocenters. The van der Waals surface area contributed by atoms with E-state index >= 15 is 0 Å². The van der Waals surface area contributed by atoms with E-state index in [1.54, 1.807) is 7.05 Å². The van der Waals surface area contributed by atoms with Crippen molar-refractivity contribution in [2.24, 2.45) is 12.8 Å². The Morgan fingerprint density at radius 3 is 3.00 bits per heavy atom. The third-order valence-electron chi connectivity index (χ3n) is 1.99. The predicted molar refractivity (Wildman–Crippen MR) is 61.2 cm³/mol. The van der Waals surface area contributed by atoms with Gasteiger partial charge in [-0.3, -0.25) is 4.79 Å². The number of nitrogens with two attached hydrogens (primary N) is 1. The summed E-state index contributed by atoms with van der Waals surface area (Å²) in [5.41, 5.74) is 5.85. The van der Waals surface area contributed by atoms with Crippen molar-refractivity contribution in [1.82, 2.24) is 9.78 Å². The lowest BCUT2D eigenvalue weighted by Gasteiger charge is -2.09. The van der Waals surface area contributed by atoms with Crippen LogP contribution in [0.15, 0.2) is 11.0 Å². The first-order valence-corrected chi connectivity index (χ1v) is 5.11. The lowest BCUT2D eigenvalue weighted by Crippen LogP contribution is -2.23. The molecule has 0 aromatic carbocycles. The number of aryl methyl sites for hydroxylation is 1. The van der Waals surface area contributed by atoms with Gasteiger partial charge in [-0.05, 0) is 13.3 Å². The van der Waals surface area contributed by atoms with Gasteiger partial charge in [0.1, 0.15) is 5.02 Å². The fraction of sp³-hybridized carbons (Fsp3) is 0.556. The highest BCUT2D eigenvalue weighted by Gasteiger charge is 2.06. The Bertz CT molecular complexity index is 388. The summed E-state index contributed by atoms with van der Waals surface area (Å²) in [6.07, 6.45) is 2.34. The third-order valence-corrected chi connectivity index (χ3v) is 2.36. The van der Waals surface area contributed by atoms with Gasteiger partial charge in [0, 0.05) is 19.6 Å². The first kappa shape index (κ1) is 12.0. The molecule has 0 spiro atoms. The average Bonchev–Trinajstić information content (AvgIpc) is 2.18. The van der Waals surface area contributed by atoms with Crippen LogP contribution in [0.4, 0.5) is 5.69 Å². The van der Waals surface area contributed by atoms with Crippen LogP contribution in [-0.2, 0) is 7.05 Å². The molecule has 6 heteroatoms. The smallest absolute Gasteiger partial charge is 0.287 e. The normalized spacial score (nSPS) is 12.5. The minimum absolute atomic E-state index is 0.121. The largest absolute Gasteiger partial charge is 0.382 e. The zero-order valence-corrected chi connectivity index (χ0v) is 9.58. The fourth-order valence-corrected chi connectivity index (χ4v) is 1.31. The molecule has 1 unspecified atom stereocenters. The number of anilines is 1.